The molecule has 0 unspecified atom stereocenters. The predicted octanol–water partition coefficient (Wildman–Crippen LogP) is 1.60. The van der Waals surface area contributed by atoms with Crippen LogP contribution in [0.1, 0.15) is 25.0 Å². The van der Waals surface area contributed by atoms with Gasteiger partial charge in [0.2, 0.25) is 5.90 Å². The molecule has 22 heavy (non-hydrogen) atoms. The zero-order chi connectivity index (χ0) is 15.7. The number of nitriles is 1. The first kappa shape index (κ1) is 13.8. The van der Waals surface area contributed by atoms with E-state index in [-0.39, 0.29) is 17.5 Å². The van der Waals surface area contributed by atoms with Gasteiger partial charge in [0.1, 0.15) is 5.75 Å². The molecule has 0 bridgehead atoms. The van der Waals surface area contributed by atoms with Gasteiger partial charge in [-0.25, -0.2) is 9.98 Å². The smallest absolute Gasteiger partial charge is 0.303 e. The van der Waals surface area contributed by atoms with Crippen LogP contribution in [0.25, 0.3) is 0 Å². The standard InChI is InChI=1S/C15H12N4O3/c1-15(2)19-13(21-14-17-6-5-12(20)18-14)10-7-9(8-16)3-4-11(10)22-15/h3-7H,1-2H3,(H,17,18,20). The second-order valence-electron chi connectivity index (χ2n) is 5.13. The fourth-order valence-corrected chi connectivity index (χ4v) is 2.03. The number of benzene rings is 1. The van der Waals surface area contributed by atoms with Crippen molar-refractivity contribution in [2.75, 3.05) is 0 Å². The third kappa shape index (κ3) is 2.67. The molecule has 2 heterocycles. The lowest BCUT2D eigenvalue weighted by Crippen LogP contribution is -2.34. The zero-order valence-corrected chi connectivity index (χ0v) is 12.0. The van der Waals surface area contributed by atoms with Gasteiger partial charge in [0.15, 0.2) is 5.72 Å². The number of nitrogens with zero attached hydrogens (tertiary/aromatic N) is 3. The van der Waals surface area contributed by atoms with Crippen molar-refractivity contribution in [1.29, 1.82) is 5.26 Å². The number of aliphatic imine (C=N–C) groups is 1. The first-order valence-corrected chi connectivity index (χ1v) is 6.53. The van der Waals surface area contributed by atoms with Gasteiger partial charge in [-0.15, -0.1) is 0 Å². The molecule has 1 aliphatic heterocycles. The van der Waals surface area contributed by atoms with Crippen molar-refractivity contribution >= 4 is 5.90 Å². The number of aromatic amines is 1. The number of nitrogens with one attached hydrogen (secondary N) is 1. The zero-order valence-electron chi connectivity index (χ0n) is 12.0. The van der Waals surface area contributed by atoms with Crippen LogP contribution in [-0.2, 0) is 0 Å². The minimum atomic E-state index is -0.828. The van der Waals surface area contributed by atoms with Crippen LogP contribution in [0.3, 0.4) is 0 Å². The first-order valence-electron chi connectivity index (χ1n) is 6.53. The molecule has 2 aromatic rings. The SMILES string of the molecule is CC1(C)N=C(Oc2nccc(=O)[nH]2)c2cc(C#N)ccc2O1. The first-order chi connectivity index (χ1) is 10.5. The van der Waals surface area contributed by atoms with Crippen LogP contribution in [0.4, 0.5) is 0 Å². The minimum Gasteiger partial charge on any atom is -0.466 e. The van der Waals surface area contributed by atoms with Crippen LogP contribution in [0, 0.1) is 11.3 Å². The van der Waals surface area contributed by atoms with Crippen LogP contribution in [0.2, 0.25) is 0 Å². The molecule has 110 valence electrons. The van der Waals surface area contributed by atoms with E-state index in [0.29, 0.717) is 16.9 Å². The van der Waals surface area contributed by atoms with Crippen LogP contribution >= 0.6 is 0 Å². The lowest BCUT2D eigenvalue weighted by Gasteiger charge is -2.29. The molecule has 0 spiro atoms. The second-order valence-corrected chi connectivity index (χ2v) is 5.13. The van der Waals surface area contributed by atoms with Gasteiger partial charge in [-0.2, -0.15) is 5.26 Å². The molecule has 1 N–H and O–H groups in total. The van der Waals surface area contributed by atoms with Gasteiger partial charge >= 0.3 is 6.01 Å². The summed E-state index contributed by atoms with van der Waals surface area (Å²) in [5, 5.41) is 9.02. The summed E-state index contributed by atoms with van der Waals surface area (Å²) < 4.78 is 11.3. The molecule has 1 aromatic carbocycles. The number of hydrogen-bond acceptors (Lipinski definition) is 6. The van der Waals surface area contributed by atoms with Crippen LogP contribution in [0.15, 0.2) is 40.2 Å². The fraction of sp³-hybridized carbons (Fsp3) is 0.200. The van der Waals surface area contributed by atoms with Crippen LogP contribution < -0.4 is 15.0 Å². The van der Waals surface area contributed by atoms with E-state index >= 15 is 0 Å². The molecule has 0 atom stereocenters. The maximum atomic E-state index is 11.3. The van der Waals surface area contributed by atoms with E-state index in [4.69, 9.17) is 14.7 Å². The molecule has 7 nitrogen and oxygen atoms in total. The van der Waals surface area contributed by atoms with Crippen molar-refractivity contribution in [2.45, 2.75) is 19.6 Å². The Morgan fingerprint density at radius 1 is 1.36 bits per heavy atom. The molecular weight excluding hydrogens is 284 g/mol. The third-order valence-electron chi connectivity index (χ3n) is 2.91. The van der Waals surface area contributed by atoms with Gasteiger partial charge in [-0.05, 0) is 32.0 Å². The summed E-state index contributed by atoms with van der Waals surface area (Å²) in [5.41, 5.74) is -0.174. The summed E-state index contributed by atoms with van der Waals surface area (Å²) in [7, 11) is 0. The topological polar surface area (TPSA) is 100 Å². The summed E-state index contributed by atoms with van der Waals surface area (Å²) in [6.07, 6.45) is 1.34. The van der Waals surface area contributed by atoms with E-state index in [0.717, 1.165) is 0 Å². The summed E-state index contributed by atoms with van der Waals surface area (Å²) in [6.45, 7) is 3.55. The Morgan fingerprint density at radius 3 is 2.91 bits per heavy atom. The number of rotatable bonds is 1. The summed E-state index contributed by atoms with van der Waals surface area (Å²) >= 11 is 0. The number of hydrogen-bond donors (Lipinski definition) is 1. The molecule has 0 radical (unpaired) electrons. The largest absolute Gasteiger partial charge is 0.466 e. The molecule has 7 heteroatoms. The highest BCUT2D eigenvalue weighted by molar-refractivity contribution is 5.99. The van der Waals surface area contributed by atoms with Gasteiger partial charge < -0.3 is 9.47 Å². The highest BCUT2D eigenvalue weighted by Crippen LogP contribution is 2.31. The van der Waals surface area contributed by atoms with E-state index in [1.165, 1.54) is 12.3 Å². The Hall–Kier alpha value is -3.14. The van der Waals surface area contributed by atoms with Crippen molar-refractivity contribution in [2.24, 2.45) is 4.99 Å². The molecule has 0 aliphatic carbocycles. The van der Waals surface area contributed by atoms with Crippen molar-refractivity contribution in [3.63, 3.8) is 0 Å². The molecule has 3 rings (SSSR count). The highest BCUT2D eigenvalue weighted by Gasteiger charge is 2.30. The van der Waals surface area contributed by atoms with Crippen molar-refractivity contribution < 1.29 is 9.47 Å². The van der Waals surface area contributed by atoms with Gasteiger partial charge in [0.05, 0.1) is 17.2 Å². The summed E-state index contributed by atoms with van der Waals surface area (Å²) in [5.74, 6) is 0.782. The maximum absolute atomic E-state index is 11.3. The maximum Gasteiger partial charge on any atom is 0.303 e. The highest BCUT2D eigenvalue weighted by atomic mass is 16.5. The molecule has 1 aliphatic rings. The molecule has 0 amide bonds. The lowest BCUT2D eigenvalue weighted by molar-refractivity contribution is 0.111. The van der Waals surface area contributed by atoms with Gasteiger partial charge in [-0.1, -0.05) is 0 Å². The fourth-order valence-electron chi connectivity index (χ4n) is 2.03. The lowest BCUT2D eigenvalue weighted by atomic mass is 10.1. The van der Waals surface area contributed by atoms with Crippen LogP contribution in [-0.4, -0.2) is 21.6 Å². The van der Waals surface area contributed by atoms with Gasteiger partial charge in [0, 0.05) is 12.3 Å². The Kier molecular flexibility index (Phi) is 3.14. The van der Waals surface area contributed by atoms with Gasteiger partial charge in [-0.3, -0.25) is 9.78 Å². The van der Waals surface area contributed by atoms with E-state index in [1.54, 1.807) is 32.0 Å². The Morgan fingerprint density at radius 2 is 2.18 bits per heavy atom. The third-order valence-corrected chi connectivity index (χ3v) is 2.91. The normalized spacial score (nSPS) is 15.0. The number of H-pyrrole nitrogens is 1. The van der Waals surface area contributed by atoms with E-state index in [9.17, 15) is 4.79 Å². The van der Waals surface area contributed by atoms with Gasteiger partial charge in [0.25, 0.3) is 5.56 Å². The van der Waals surface area contributed by atoms with Crippen molar-refractivity contribution in [3.8, 4) is 17.8 Å². The Bertz CT molecular complexity index is 862. The minimum absolute atomic E-state index is 0.0252. The molecule has 1 aromatic heterocycles. The Balaban J connectivity index is 2.07. The van der Waals surface area contributed by atoms with E-state index < -0.39 is 5.72 Å². The average molecular weight is 296 g/mol. The molecule has 0 fully saturated rings. The summed E-state index contributed by atoms with van der Waals surface area (Å²) in [6, 6.07) is 8.32. The molecular formula is C15H12N4O3. The molecule has 0 saturated heterocycles. The van der Waals surface area contributed by atoms with Crippen LogP contribution in [0.5, 0.6) is 11.8 Å². The van der Waals surface area contributed by atoms with Crippen molar-refractivity contribution in [1.82, 2.24) is 9.97 Å². The second kappa shape index (κ2) is 5.00. The average Bonchev–Trinajstić information content (AvgIpc) is 2.46. The Labute approximate surface area is 125 Å². The van der Waals surface area contributed by atoms with Crippen molar-refractivity contribution in [3.05, 3.63) is 51.9 Å². The quantitative estimate of drug-likeness (QED) is 0.861. The summed E-state index contributed by atoms with van der Waals surface area (Å²) in [4.78, 5) is 22.1. The molecule has 0 saturated carbocycles. The predicted molar refractivity (Wildman–Crippen MR) is 77.9 cm³/mol. The van der Waals surface area contributed by atoms with E-state index in [1.807, 2.05) is 0 Å². The monoisotopic (exact) mass is 296 g/mol. The number of fused-ring (bicyclic) bond motifs is 1. The number of aromatic nitrogens is 2. The number of ether oxygens (including phenoxy) is 2. The van der Waals surface area contributed by atoms with E-state index in [2.05, 4.69) is 21.0 Å².